The molecule has 0 bridgehead atoms. The Morgan fingerprint density at radius 1 is 1.28 bits per heavy atom. The molecule has 3 rings (SSSR count). The van der Waals surface area contributed by atoms with Gasteiger partial charge in [-0.05, 0) is 30.9 Å². The van der Waals surface area contributed by atoms with E-state index in [2.05, 4.69) is 4.98 Å². The molecular weight excluding hydrogens is 231 g/mol. The van der Waals surface area contributed by atoms with Gasteiger partial charge >= 0.3 is 0 Å². The van der Waals surface area contributed by atoms with Crippen molar-refractivity contribution >= 4 is 11.1 Å². The minimum absolute atomic E-state index is 0.166. The number of aromatic nitrogens is 1. The van der Waals surface area contributed by atoms with Crippen molar-refractivity contribution in [1.82, 2.24) is 4.98 Å². The Balaban J connectivity index is 1.88. The molecule has 0 saturated heterocycles. The molecule has 1 aromatic carbocycles. The molecule has 1 heterocycles. The second kappa shape index (κ2) is 4.69. The number of rotatable bonds is 2. The molecule has 3 nitrogen and oxygen atoms in total. The predicted molar refractivity (Wildman–Crippen MR) is 67.5 cm³/mol. The summed E-state index contributed by atoms with van der Waals surface area (Å²) in [4.78, 5) is 4.37. The van der Waals surface area contributed by atoms with Crippen LogP contribution in [0.25, 0.3) is 11.1 Å². The molecule has 1 unspecified atom stereocenters. The summed E-state index contributed by atoms with van der Waals surface area (Å²) in [6.07, 6.45) is 6.02. The molecule has 0 amide bonds. The van der Waals surface area contributed by atoms with E-state index >= 15 is 0 Å². The quantitative estimate of drug-likeness (QED) is 0.884. The van der Waals surface area contributed by atoms with Gasteiger partial charge in [-0.1, -0.05) is 19.3 Å². The third-order valence-corrected chi connectivity index (χ3v) is 3.81. The zero-order valence-corrected chi connectivity index (χ0v) is 10.2. The highest BCUT2D eigenvalue weighted by Gasteiger charge is 2.25. The Morgan fingerprint density at radius 3 is 2.83 bits per heavy atom. The average Bonchev–Trinajstić information content (AvgIpc) is 2.81. The van der Waals surface area contributed by atoms with E-state index in [1.165, 1.54) is 31.4 Å². The smallest absolute Gasteiger partial charge is 0.212 e. The normalized spacial score (nSPS) is 19.2. The summed E-state index contributed by atoms with van der Waals surface area (Å²) in [5.74, 6) is 0.676. The fraction of sp³-hybridized carbons (Fsp3) is 0.500. The van der Waals surface area contributed by atoms with Crippen molar-refractivity contribution in [2.45, 2.75) is 38.1 Å². The van der Waals surface area contributed by atoms with Gasteiger partial charge in [0.1, 0.15) is 11.3 Å². The molecule has 4 heteroatoms. The number of hydrogen-bond acceptors (Lipinski definition) is 3. The zero-order valence-electron chi connectivity index (χ0n) is 10.2. The minimum Gasteiger partial charge on any atom is -0.439 e. The number of nitrogens with zero attached hydrogens (tertiary/aromatic N) is 1. The Hall–Kier alpha value is -1.42. The van der Waals surface area contributed by atoms with E-state index in [1.54, 1.807) is 6.07 Å². The molecule has 0 spiro atoms. The van der Waals surface area contributed by atoms with Crippen LogP contribution in [0.15, 0.2) is 22.6 Å². The SMILES string of the molecule is NC(c1nc2ccc(F)cc2o1)C1CCCCC1. The third-order valence-electron chi connectivity index (χ3n) is 3.81. The number of oxazole rings is 1. The van der Waals surface area contributed by atoms with Gasteiger partial charge in [0, 0.05) is 6.07 Å². The maximum atomic E-state index is 13.1. The Morgan fingerprint density at radius 2 is 2.06 bits per heavy atom. The summed E-state index contributed by atoms with van der Waals surface area (Å²) in [7, 11) is 0. The number of benzene rings is 1. The Labute approximate surface area is 105 Å². The molecule has 1 aromatic heterocycles. The lowest BCUT2D eigenvalue weighted by atomic mass is 9.84. The second-order valence-electron chi connectivity index (χ2n) is 5.09. The molecule has 18 heavy (non-hydrogen) atoms. The number of hydrogen-bond donors (Lipinski definition) is 1. The molecule has 0 radical (unpaired) electrons. The summed E-state index contributed by atoms with van der Waals surface area (Å²) in [6, 6.07) is 4.21. The highest BCUT2D eigenvalue weighted by atomic mass is 19.1. The fourth-order valence-corrected chi connectivity index (χ4v) is 2.75. The maximum absolute atomic E-state index is 13.1. The minimum atomic E-state index is -0.309. The fourth-order valence-electron chi connectivity index (χ4n) is 2.75. The van der Waals surface area contributed by atoms with E-state index < -0.39 is 0 Å². The third kappa shape index (κ3) is 2.12. The van der Waals surface area contributed by atoms with E-state index in [0.29, 0.717) is 22.9 Å². The molecule has 96 valence electrons. The van der Waals surface area contributed by atoms with Gasteiger partial charge in [-0.15, -0.1) is 0 Å². The molecule has 1 aliphatic carbocycles. The predicted octanol–water partition coefficient (Wildman–Crippen LogP) is 3.55. The van der Waals surface area contributed by atoms with Crippen molar-refractivity contribution in [1.29, 1.82) is 0 Å². The van der Waals surface area contributed by atoms with Crippen LogP contribution in [0, 0.1) is 11.7 Å². The van der Waals surface area contributed by atoms with E-state index in [-0.39, 0.29) is 11.9 Å². The first-order valence-corrected chi connectivity index (χ1v) is 6.55. The first-order valence-electron chi connectivity index (χ1n) is 6.55. The Bertz CT molecular complexity index is 546. The van der Waals surface area contributed by atoms with Crippen LogP contribution in [0.3, 0.4) is 0 Å². The molecule has 1 aliphatic rings. The lowest BCUT2D eigenvalue weighted by Gasteiger charge is -2.25. The first kappa shape index (κ1) is 11.7. The van der Waals surface area contributed by atoms with E-state index in [0.717, 1.165) is 12.8 Å². The summed E-state index contributed by atoms with van der Waals surface area (Å²) < 4.78 is 18.7. The van der Waals surface area contributed by atoms with Gasteiger partial charge in [-0.2, -0.15) is 0 Å². The summed E-state index contributed by atoms with van der Waals surface area (Å²) in [5.41, 5.74) is 7.38. The van der Waals surface area contributed by atoms with Gasteiger partial charge in [-0.3, -0.25) is 0 Å². The van der Waals surface area contributed by atoms with Gasteiger partial charge in [0.25, 0.3) is 0 Å². The monoisotopic (exact) mass is 248 g/mol. The van der Waals surface area contributed by atoms with Gasteiger partial charge in [-0.25, -0.2) is 9.37 Å². The molecule has 0 aliphatic heterocycles. The standard InChI is InChI=1S/C14H17FN2O/c15-10-6-7-11-12(8-10)18-14(17-11)13(16)9-4-2-1-3-5-9/h6-9,13H,1-5,16H2. The molecule has 1 fully saturated rings. The van der Waals surface area contributed by atoms with Crippen molar-refractivity contribution in [3.63, 3.8) is 0 Å². The summed E-state index contributed by atoms with van der Waals surface area (Å²) in [5, 5.41) is 0. The highest BCUT2D eigenvalue weighted by Crippen LogP contribution is 2.33. The number of fused-ring (bicyclic) bond motifs is 1. The lowest BCUT2D eigenvalue weighted by molar-refractivity contribution is 0.278. The van der Waals surface area contributed by atoms with Crippen LogP contribution in [0.4, 0.5) is 4.39 Å². The van der Waals surface area contributed by atoms with Crippen LogP contribution in [0.1, 0.15) is 44.0 Å². The van der Waals surface area contributed by atoms with Crippen LogP contribution in [-0.4, -0.2) is 4.98 Å². The highest BCUT2D eigenvalue weighted by molar-refractivity contribution is 5.72. The summed E-state index contributed by atoms with van der Waals surface area (Å²) in [6.45, 7) is 0. The largest absolute Gasteiger partial charge is 0.439 e. The average molecular weight is 248 g/mol. The molecule has 2 aromatic rings. The molecule has 1 saturated carbocycles. The first-order chi connectivity index (χ1) is 8.74. The van der Waals surface area contributed by atoms with Gasteiger partial charge in [0.05, 0.1) is 6.04 Å². The van der Waals surface area contributed by atoms with Crippen LogP contribution in [-0.2, 0) is 0 Å². The molecule has 1 atom stereocenters. The van der Waals surface area contributed by atoms with Gasteiger partial charge in [0.15, 0.2) is 5.58 Å². The van der Waals surface area contributed by atoms with Crippen LogP contribution < -0.4 is 5.73 Å². The molecule has 2 N–H and O–H groups in total. The van der Waals surface area contributed by atoms with Crippen LogP contribution in [0.5, 0.6) is 0 Å². The van der Waals surface area contributed by atoms with Gasteiger partial charge < -0.3 is 10.2 Å². The maximum Gasteiger partial charge on any atom is 0.212 e. The number of nitrogens with two attached hydrogens (primary N) is 1. The lowest BCUT2D eigenvalue weighted by Crippen LogP contribution is -2.23. The van der Waals surface area contributed by atoms with Crippen molar-refractivity contribution in [3.05, 3.63) is 29.9 Å². The summed E-state index contributed by atoms with van der Waals surface area (Å²) >= 11 is 0. The zero-order chi connectivity index (χ0) is 12.5. The Kier molecular flexibility index (Phi) is 3.04. The molecular formula is C14H17FN2O. The van der Waals surface area contributed by atoms with Gasteiger partial charge in [0.2, 0.25) is 5.89 Å². The van der Waals surface area contributed by atoms with E-state index in [9.17, 15) is 4.39 Å². The van der Waals surface area contributed by atoms with Crippen LogP contribution >= 0.6 is 0 Å². The van der Waals surface area contributed by atoms with Crippen molar-refractivity contribution in [3.8, 4) is 0 Å². The van der Waals surface area contributed by atoms with E-state index in [4.69, 9.17) is 10.2 Å². The van der Waals surface area contributed by atoms with Crippen molar-refractivity contribution < 1.29 is 8.81 Å². The van der Waals surface area contributed by atoms with E-state index in [1.807, 2.05) is 0 Å². The van der Waals surface area contributed by atoms with Crippen molar-refractivity contribution in [2.24, 2.45) is 11.7 Å². The number of halogens is 1. The van der Waals surface area contributed by atoms with Crippen LogP contribution in [0.2, 0.25) is 0 Å². The van der Waals surface area contributed by atoms with Crippen molar-refractivity contribution in [2.75, 3.05) is 0 Å². The topological polar surface area (TPSA) is 52.0 Å². The second-order valence-corrected chi connectivity index (χ2v) is 5.09.